The van der Waals surface area contributed by atoms with Gasteiger partial charge in [-0.3, -0.25) is 4.79 Å². The summed E-state index contributed by atoms with van der Waals surface area (Å²) in [6, 6.07) is 6.95. The maximum absolute atomic E-state index is 11.5. The van der Waals surface area contributed by atoms with Crippen LogP contribution in [0.15, 0.2) is 36.7 Å². The van der Waals surface area contributed by atoms with Crippen LogP contribution in [0.1, 0.15) is 10.4 Å². The van der Waals surface area contributed by atoms with Crippen molar-refractivity contribution < 1.29 is 34.0 Å². The molecule has 0 unspecified atom stereocenters. The van der Waals surface area contributed by atoms with E-state index in [1.807, 2.05) is 0 Å². The minimum Gasteiger partial charge on any atom is -0.507 e. The highest BCUT2D eigenvalue weighted by molar-refractivity contribution is 6.40. The summed E-state index contributed by atoms with van der Waals surface area (Å²) in [5.74, 6) is -2.12. The molecule has 2 aromatic carbocycles. The number of ketones is 1. The Balaban J connectivity index is 2.00. The number of carbonyl (C=O) groups is 2. The van der Waals surface area contributed by atoms with Gasteiger partial charge in [0.2, 0.25) is 5.88 Å². The zero-order valence-corrected chi connectivity index (χ0v) is 14.3. The lowest BCUT2D eigenvalue weighted by Gasteiger charge is -2.12. The van der Waals surface area contributed by atoms with Gasteiger partial charge in [-0.2, -0.15) is 0 Å². The van der Waals surface area contributed by atoms with Gasteiger partial charge in [0.25, 0.3) is 5.78 Å². The second-order valence-corrected chi connectivity index (χ2v) is 5.32. The molecular formula is C18H14N2O7. The van der Waals surface area contributed by atoms with E-state index >= 15 is 0 Å². The molecule has 2 N–H and O–H groups in total. The Kier molecular flexibility index (Phi) is 4.75. The third-order valence-corrected chi connectivity index (χ3v) is 3.73. The van der Waals surface area contributed by atoms with Crippen molar-refractivity contribution in [2.24, 2.45) is 0 Å². The SMILES string of the molecule is COc1cc2ncnc(Oc3ccc(C(=O)C(=O)O)c(O)c3)c2cc1OC. The standard InChI is InChI=1S/C18H14N2O7/c1-25-14-6-11-12(7-15(14)26-2)19-8-20-17(11)27-9-3-4-10(13(21)5-9)16(22)18(23)24/h3-8,21H,1-2H3,(H,23,24). The number of nitrogens with zero attached hydrogens (tertiary/aromatic N) is 2. The van der Waals surface area contributed by atoms with Crippen molar-refractivity contribution in [1.29, 1.82) is 0 Å². The highest BCUT2D eigenvalue weighted by atomic mass is 16.5. The van der Waals surface area contributed by atoms with Crippen LogP contribution in [-0.2, 0) is 4.79 Å². The lowest BCUT2D eigenvalue weighted by Crippen LogP contribution is -2.12. The summed E-state index contributed by atoms with van der Waals surface area (Å²) in [5.41, 5.74) is 0.202. The number of phenolic OH excluding ortho intramolecular Hbond substituents is 1. The van der Waals surface area contributed by atoms with Gasteiger partial charge in [0, 0.05) is 12.1 Å². The van der Waals surface area contributed by atoms with Crippen LogP contribution in [0, 0.1) is 0 Å². The zero-order valence-electron chi connectivity index (χ0n) is 14.3. The Bertz CT molecular complexity index is 1050. The largest absolute Gasteiger partial charge is 0.507 e. The molecule has 0 aliphatic heterocycles. The lowest BCUT2D eigenvalue weighted by molar-refractivity contribution is -0.131. The molecule has 0 radical (unpaired) electrons. The van der Waals surface area contributed by atoms with Gasteiger partial charge < -0.3 is 24.4 Å². The number of fused-ring (bicyclic) bond motifs is 1. The Labute approximate surface area is 152 Å². The van der Waals surface area contributed by atoms with Gasteiger partial charge in [-0.25, -0.2) is 14.8 Å². The van der Waals surface area contributed by atoms with Gasteiger partial charge >= 0.3 is 5.97 Å². The van der Waals surface area contributed by atoms with E-state index in [1.54, 1.807) is 12.1 Å². The van der Waals surface area contributed by atoms with Gasteiger partial charge in [-0.1, -0.05) is 0 Å². The molecular weight excluding hydrogens is 356 g/mol. The van der Waals surface area contributed by atoms with Crippen LogP contribution in [-0.4, -0.2) is 46.2 Å². The number of rotatable bonds is 6. The first-order chi connectivity index (χ1) is 12.9. The van der Waals surface area contributed by atoms with Crippen molar-refractivity contribution in [3.63, 3.8) is 0 Å². The van der Waals surface area contributed by atoms with Crippen LogP contribution in [0.25, 0.3) is 10.9 Å². The summed E-state index contributed by atoms with van der Waals surface area (Å²) in [7, 11) is 3.00. The molecule has 0 aliphatic rings. The van der Waals surface area contributed by atoms with Crippen LogP contribution >= 0.6 is 0 Å². The molecule has 3 aromatic rings. The number of methoxy groups -OCH3 is 2. The monoisotopic (exact) mass is 370 g/mol. The van der Waals surface area contributed by atoms with Gasteiger partial charge in [-0.15, -0.1) is 0 Å². The maximum atomic E-state index is 11.5. The Morgan fingerprint density at radius 1 is 1.00 bits per heavy atom. The highest BCUT2D eigenvalue weighted by Gasteiger charge is 2.19. The molecule has 138 valence electrons. The quantitative estimate of drug-likeness (QED) is 0.496. The molecule has 0 fully saturated rings. The number of hydrogen-bond acceptors (Lipinski definition) is 8. The van der Waals surface area contributed by atoms with E-state index < -0.39 is 17.5 Å². The minimum atomic E-state index is -1.66. The lowest BCUT2D eigenvalue weighted by atomic mass is 10.1. The van der Waals surface area contributed by atoms with Crippen LogP contribution < -0.4 is 14.2 Å². The molecule has 0 atom stereocenters. The smallest absolute Gasteiger partial charge is 0.377 e. The first kappa shape index (κ1) is 17.9. The number of aromatic hydroxyl groups is 1. The summed E-state index contributed by atoms with van der Waals surface area (Å²) in [4.78, 5) is 30.5. The van der Waals surface area contributed by atoms with Crippen molar-refractivity contribution >= 4 is 22.7 Å². The topological polar surface area (TPSA) is 128 Å². The highest BCUT2D eigenvalue weighted by Crippen LogP contribution is 2.36. The van der Waals surface area contributed by atoms with E-state index in [0.717, 1.165) is 12.1 Å². The maximum Gasteiger partial charge on any atom is 0.377 e. The van der Waals surface area contributed by atoms with Crippen LogP contribution in [0.3, 0.4) is 0 Å². The van der Waals surface area contributed by atoms with Crippen LogP contribution in [0.2, 0.25) is 0 Å². The summed E-state index contributed by atoms with van der Waals surface area (Å²) >= 11 is 0. The molecule has 0 saturated carbocycles. The molecule has 9 heteroatoms. The second kappa shape index (κ2) is 7.16. The van der Waals surface area contributed by atoms with E-state index in [9.17, 15) is 14.7 Å². The minimum absolute atomic E-state index is 0.157. The van der Waals surface area contributed by atoms with Gasteiger partial charge in [-0.05, 0) is 18.2 Å². The Hall–Kier alpha value is -3.88. The van der Waals surface area contributed by atoms with Gasteiger partial charge in [0.15, 0.2) is 11.5 Å². The molecule has 9 nitrogen and oxygen atoms in total. The molecule has 1 heterocycles. The number of carbonyl (C=O) groups excluding carboxylic acids is 1. The Morgan fingerprint density at radius 2 is 1.70 bits per heavy atom. The molecule has 0 spiro atoms. The average Bonchev–Trinajstić information content (AvgIpc) is 2.66. The van der Waals surface area contributed by atoms with Crippen LogP contribution in [0.5, 0.6) is 28.9 Å². The molecule has 0 aliphatic carbocycles. The number of phenols is 1. The average molecular weight is 370 g/mol. The van der Waals surface area contributed by atoms with E-state index in [4.69, 9.17) is 19.3 Å². The van der Waals surface area contributed by atoms with Crippen molar-refractivity contribution in [1.82, 2.24) is 9.97 Å². The second-order valence-electron chi connectivity index (χ2n) is 5.32. The fourth-order valence-corrected chi connectivity index (χ4v) is 2.43. The third kappa shape index (κ3) is 3.43. The van der Waals surface area contributed by atoms with Crippen molar-refractivity contribution in [2.45, 2.75) is 0 Å². The molecule has 3 rings (SSSR count). The van der Waals surface area contributed by atoms with E-state index in [-0.39, 0.29) is 17.2 Å². The molecule has 0 saturated heterocycles. The van der Waals surface area contributed by atoms with E-state index in [2.05, 4.69) is 9.97 Å². The molecule has 27 heavy (non-hydrogen) atoms. The number of aliphatic carboxylic acids is 1. The summed E-state index contributed by atoms with van der Waals surface area (Å²) < 4.78 is 16.2. The first-order valence-electron chi connectivity index (χ1n) is 7.59. The molecule has 0 amide bonds. The third-order valence-electron chi connectivity index (χ3n) is 3.73. The predicted octanol–water partition coefficient (Wildman–Crippen LogP) is 2.41. The number of ether oxygens (including phenoxy) is 3. The van der Waals surface area contributed by atoms with E-state index in [0.29, 0.717) is 22.4 Å². The normalized spacial score (nSPS) is 10.4. The molecule has 1 aromatic heterocycles. The summed E-state index contributed by atoms with van der Waals surface area (Å²) in [6.45, 7) is 0. The van der Waals surface area contributed by atoms with Crippen LogP contribution in [0.4, 0.5) is 0 Å². The van der Waals surface area contributed by atoms with Gasteiger partial charge in [0.1, 0.15) is 17.8 Å². The van der Waals surface area contributed by atoms with Crippen molar-refractivity contribution in [3.05, 3.63) is 42.2 Å². The number of Topliss-reactive ketones (excluding diaryl/α,β-unsaturated/α-hetero) is 1. The fourth-order valence-electron chi connectivity index (χ4n) is 2.43. The van der Waals surface area contributed by atoms with Crippen molar-refractivity contribution in [3.8, 4) is 28.9 Å². The van der Waals surface area contributed by atoms with Crippen molar-refractivity contribution in [2.75, 3.05) is 14.2 Å². The molecule has 0 bridgehead atoms. The first-order valence-corrected chi connectivity index (χ1v) is 7.59. The number of benzene rings is 2. The fraction of sp³-hybridized carbons (Fsp3) is 0.111. The number of hydrogen-bond donors (Lipinski definition) is 2. The van der Waals surface area contributed by atoms with Gasteiger partial charge in [0.05, 0.1) is 30.7 Å². The zero-order chi connectivity index (χ0) is 19.6. The van der Waals surface area contributed by atoms with E-state index in [1.165, 1.54) is 26.6 Å². The summed E-state index contributed by atoms with van der Waals surface area (Å²) in [6.07, 6.45) is 1.30. The summed E-state index contributed by atoms with van der Waals surface area (Å²) in [5, 5.41) is 19.2. The number of carboxylic acids is 1. The number of aromatic nitrogens is 2. The number of carboxylic acid groups (broad SMARTS) is 1. The predicted molar refractivity (Wildman–Crippen MR) is 92.8 cm³/mol. The Morgan fingerprint density at radius 3 is 2.33 bits per heavy atom.